The molecule has 0 saturated carbocycles. The van der Waals surface area contributed by atoms with Gasteiger partial charge in [-0.15, -0.1) is 0 Å². The lowest BCUT2D eigenvalue weighted by atomic mass is 10.0. The summed E-state index contributed by atoms with van der Waals surface area (Å²) in [6.07, 6.45) is 0. The normalized spacial score (nSPS) is 11.3. The maximum Gasteiger partial charge on any atom is 0.257 e. The predicted octanol–water partition coefficient (Wildman–Crippen LogP) is 4.61. The Morgan fingerprint density at radius 1 is 0.875 bits per heavy atom. The first kappa shape index (κ1) is 22.9. The highest BCUT2D eigenvalue weighted by atomic mass is 16.5. The van der Waals surface area contributed by atoms with Gasteiger partial charge < -0.3 is 20.7 Å². The van der Waals surface area contributed by atoms with Crippen molar-refractivity contribution in [3.63, 3.8) is 0 Å². The topological polar surface area (TPSA) is 79.5 Å². The SMILES string of the molecule is CCNC(=O)COc1ccc(NC(C(=O)Nc2cc(C)cc(C)c2)c2ccccc2)cc1. The fourth-order valence-electron chi connectivity index (χ4n) is 3.42. The Morgan fingerprint density at radius 3 is 2.16 bits per heavy atom. The van der Waals surface area contributed by atoms with Crippen LogP contribution in [0.2, 0.25) is 0 Å². The van der Waals surface area contributed by atoms with E-state index in [4.69, 9.17) is 4.74 Å². The van der Waals surface area contributed by atoms with Crippen molar-refractivity contribution in [1.29, 1.82) is 0 Å². The van der Waals surface area contributed by atoms with Crippen LogP contribution in [0.4, 0.5) is 11.4 Å². The van der Waals surface area contributed by atoms with Gasteiger partial charge in [-0.1, -0.05) is 36.4 Å². The Morgan fingerprint density at radius 2 is 1.53 bits per heavy atom. The first-order valence-electron chi connectivity index (χ1n) is 10.6. The van der Waals surface area contributed by atoms with Crippen LogP contribution in [0.5, 0.6) is 5.75 Å². The lowest BCUT2D eigenvalue weighted by Gasteiger charge is -2.20. The molecule has 0 aliphatic rings. The second-order valence-electron chi connectivity index (χ2n) is 7.62. The Balaban J connectivity index is 1.73. The Kier molecular flexibility index (Phi) is 7.86. The van der Waals surface area contributed by atoms with Crippen LogP contribution < -0.4 is 20.7 Å². The maximum absolute atomic E-state index is 13.2. The Labute approximate surface area is 189 Å². The van der Waals surface area contributed by atoms with Crippen molar-refractivity contribution in [2.75, 3.05) is 23.8 Å². The van der Waals surface area contributed by atoms with E-state index in [1.807, 2.05) is 75.4 Å². The lowest BCUT2D eigenvalue weighted by Crippen LogP contribution is -2.28. The molecular weight excluding hydrogens is 402 g/mol. The van der Waals surface area contributed by atoms with E-state index in [-0.39, 0.29) is 18.4 Å². The van der Waals surface area contributed by atoms with Gasteiger partial charge in [-0.2, -0.15) is 0 Å². The minimum atomic E-state index is -0.584. The van der Waals surface area contributed by atoms with E-state index in [9.17, 15) is 9.59 Å². The molecule has 0 aromatic heterocycles. The van der Waals surface area contributed by atoms with Gasteiger partial charge in [0.05, 0.1) is 0 Å². The molecule has 0 fully saturated rings. The summed E-state index contributed by atoms with van der Waals surface area (Å²) in [4.78, 5) is 24.8. The molecule has 32 heavy (non-hydrogen) atoms. The van der Waals surface area contributed by atoms with Crippen molar-refractivity contribution in [3.05, 3.63) is 89.5 Å². The molecule has 6 heteroatoms. The standard InChI is InChI=1S/C26H29N3O3/c1-4-27-24(30)17-32-23-12-10-21(11-13-23)28-25(20-8-6-5-7-9-20)26(31)29-22-15-18(2)14-19(3)16-22/h5-16,25,28H,4,17H2,1-3H3,(H,27,30)(H,29,31). The van der Waals surface area contributed by atoms with Gasteiger partial charge in [-0.05, 0) is 73.9 Å². The number of hydrogen-bond acceptors (Lipinski definition) is 4. The molecule has 6 nitrogen and oxygen atoms in total. The summed E-state index contributed by atoms with van der Waals surface area (Å²) in [5, 5.41) is 9.03. The molecule has 1 unspecified atom stereocenters. The number of carbonyl (C=O) groups excluding carboxylic acids is 2. The first-order chi connectivity index (χ1) is 15.4. The van der Waals surface area contributed by atoms with Crippen LogP contribution in [-0.2, 0) is 9.59 Å². The van der Waals surface area contributed by atoms with Crippen molar-refractivity contribution in [3.8, 4) is 5.75 Å². The van der Waals surface area contributed by atoms with Crippen molar-refractivity contribution in [2.45, 2.75) is 26.8 Å². The van der Waals surface area contributed by atoms with Gasteiger partial charge in [-0.25, -0.2) is 0 Å². The lowest BCUT2D eigenvalue weighted by molar-refractivity contribution is -0.123. The first-order valence-corrected chi connectivity index (χ1v) is 10.6. The molecule has 2 amide bonds. The highest BCUT2D eigenvalue weighted by molar-refractivity contribution is 5.97. The van der Waals surface area contributed by atoms with E-state index < -0.39 is 6.04 Å². The number of aryl methyl sites for hydroxylation is 2. The van der Waals surface area contributed by atoms with Crippen molar-refractivity contribution in [2.24, 2.45) is 0 Å². The van der Waals surface area contributed by atoms with Crippen LogP contribution in [-0.4, -0.2) is 25.0 Å². The molecule has 3 aromatic rings. The molecule has 0 heterocycles. The van der Waals surface area contributed by atoms with Gasteiger partial charge in [0, 0.05) is 17.9 Å². The number of hydrogen-bond donors (Lipinski definition) is 3. The summed E-state index contributed by atoms with van der Waals surface area (Å²) in [5.74, 6) is 0.261. The number of rotatable bonds is 9. The van der Waals surface area contributed by atoms with Crippen LogP contribution in [0, 0.1) is 13.8 Å². The smallest absolute Gasteiger partial charge is 0.257 e. The number of anilines is 2. The number of nitrogens with one attached hydrogen (secondary N) is 3. The van der Waals surface area contributed by atoms with Crippen molar-refractivity contribution in [1.82, 2.24) is 5.32 Å². The van der Waals surface area contributed by atoms with E-state index >= 15 is 0 Å². The van der Waals surface area contributed by atoms with Crippen LogP contribution in [0.1, 0.15) is 29.7 Å². The minimum absolute atomic E-state index is 0.0361. The zero-order chi connectivity index (χ0) is 22.9. The highest BCUT2D eigenvalue weighted by Gasteiger charge is 2.21. The number of likely N-dealkylation sites (N-methyl/N-ethyl adjacent to an activating group) is 1. The predicted molar refractivity (Wildman–Crippen MR) is 128 cm³/mol. The molecule has 0 radical (unpaired) electrons. The van der Waals surface area contributed by atoms with E-state index in [0.29, 0.717) is 12.3 Å². The Bertz CT molecular complexity index is 1030. The molecule has 0 spiro atoms. The molecule has 166 valence electrons. The third-order valence-electron chi connectivity index (χ3n) is 4.79. The zero-order valence-corrected chi connectivity index (χ0v) is 18.6. The molecule has 0 bridgehead atoms. The average Bonchev–Trinajstić information content (AvgIpc) is 2.77. The molecule has 3 N–H and O–H groups in total. The number of carbonyl (C=O) groups is 2. The van der Waals surface area contributed by atoms with Crippen LogP contribution >= 0.6 is 0 Å². The van der Waals surface area contributed by atoms with Gasteiger partial charge in [0.25, 0.3) is 11.8 Å². The molecule has 3 aromatic carbocycles. The van der Waals surface area contributed by atoms with Gasteiger partial charge in [0.1, 0.15) is 11.8 Å². The number of ether oxygens (including phenoxy) is 1. The summed E-state index contributed by atoms with van der Waals surface area (Å²) in [6, 6.07) is 22.2. The van der Waals surface area contributed by atoms with Crippen LogP contribution in [0.25, 0.3) is 0 Å². The third kappa shape index (κ3) is 6.60. The minimum Gasteiger partial charge on any atom is -0.484 e. The van der Waals surface area contributed by atoms with Gasteiger partial charge in [0.15, 0.2) is 6.61 Å². The van der Waals surface area contributed by atoms with Crippen molar-refractivity contribution >= 4 is 23.2 Å². The Hall–Kier alpha value is -3.80. The fourth-order valence-corrected chi connectivity index (χ4v) is 3.42. The van der Waals surface area contributed by atoms with E-state index in [1.54, 1.807) is 12.1 Å². The summed E-state index contributed by atoms with van der Waals surface area (Å²) in [6.45, 7) is 6.40. The second-order valence-corrected chi connectivity index (χ2v) is 7.62. The summed E-state index contributed by atoms with van der Waals surface area (Å²) in [7, 11) is 0. The highest BCUT2D eigenvalue weighted by Crippen LogP contribution is 2.24. The second kappa shape index (κ2) is 11.0. The molecular formula is C26H29N3O3. The number of amides is 2. The zero-order valence-electron chi connectivity index (χ0n) is 18.6. The van der Waals surface area contributed by atoms with Gasteiger partial charge in [-0.3, -0.25) is 9.59 Å². The molecule has 0 aliphatic carbocycles. The average molecular weight is 432 g/mol. The summed E-state index contributed by atoms with van der Waals surface area (Å²) < 4.78 is 5.49. The fraction of sp³-hybridized carbons (Fsp3) is 0.231. The van der Waals surface area contributed by atoms with E-state index in [1.165, 1.54) is 0 Å². The maximum atomic E-state index is 13.2. The van der Waals surface area contributed by atoms with Crippen LogP contribution in [0.15, 0.2) is 72.8 Å². The van der Waals surface area contributed by atoms with Gasteiger partial charge >= 0.3 is 0 Å². The molecule has 0 aliphatic heterocycles. The molecule has 0 saturated heterocycles. The largest absolute Gasteiger partial charge is 0.484 e. The summed E-state index contributed by atoms with van der Waals surface area (Å²) >= 11 is 0. The van der Waals surface area contributed by atoms with Gasteiger partial charge in [0.2, 0.25) is 0 Å². The summed E-state index contributed by atoms with van der Waals surface area (Å²) in [5.41, 5.74) is 4.57. The van der Waals surface area contributed by atoms with Crippen LogP contribution in [0.3, 0.4) is 0 Å². The van der Waals surface area contributed by atoms with E-state index in [0.717, 1.165) is 28.1 Å². The monoisotopic (exact) mass is 431 g/mol. The third-order valence-corrected chi connectivity index (χ3v) is 4.79. The quantitative estimate of drug-likeness (QED) is 0.462. The number of benzene rings is 3. The van der Waals surface area contributed by atoms with Crippen molar-refractivity contribution < 1.29 is 14.3 Å². The molecule has 1 atom stereocenters. The van der Waals surface area contributed by atoms with E-state index in [2.05, 4.69) is 22.0 Å². The molecule has 3 rings (SSSR count).